The lowest BCUT2D eigenvalue weighted by Crippen LogP contribution is -2.07. The van der Waals surface area contributed by atoms with Gasteiger partial charge in [-0.25, -0.2) is 0 Å². The van der Waals surface area contributed by atoms with Crippen LogP contribution in [0.4, 0.5) is 13.2 Å². The third-order valence-electron chi connectivity index (χ3n) is 1.27. The van der Waals surface area contributed by atoms with Gasteiger partial charge in [0.1, 0.15) is 5.69 Å². The zero-order valence-electron chi connectivity index (χ0n) is 5.90. The van der Waals surface area contributed by atoms with E-state index in [1.165, 1.54) is 6.07 Å². The van der Waals surface area contributed by atoms with Crippen molar-refractivity contribution in [2.75, 3.05) is 0 Å². The second kappa shape index (κ2) is 3.31. The second-order valence-corrected chi connectivity index (χ2v) is 2.45. The minimum absolute atomic E-state index is 0.0611. The molecule has 0 amide bonds. The molecule has 0 atom stereocenters. The highest BCUT2D eigenvalue weighted by molar-refractivity contribution is 6.17. The Bertz CT molecular complexity index is 272. The number of halogens is 4. The summed E-state index contributed by atoms with van der Waals surface area (Å²) in [5.74, 6) is 0.0611. The maximum absolute atomic E-state index is 12.0. The van der Waals surface area contributed by atoms with Crippen molar-refractivity contribution in [3.05, 3.63) is 29.6 Å². The van der Waals surface area contributed by atoms with Crippen LogP contribution in [-0.2, 0) is 12.1 Å². The molecule has 1 heterocycles. The summed E-state index contributed by atoms with van der Waals surface area (Å²) in [6.07, 6.45) is -3.29. The Morgan fingerprint density at radius 2 is 2.08 bits per heavy atom. The average Bonchev–Trinajstić information content (AvgIpc) is 2.03. The maximum Gasteiger partial charge on any atom is 0.433 e. The summed E-state index contributed by atoms with van der Waals surface area (Å²) in [5, 5.41) is 0. The van der Waals surface area contributed by atoms with Gasteiger partial charge in [0.15, 0.2) is 0 Å². The second-order valence-electron chi connectivity index (χ2n) is 2.18. The number of aromatic nitrogens is 1. The van der Waals surface area contributed by atoms with E-state index >= 15 is 0 Å². The van der Waals surface area contributed by atoms with Gasteiger partial charge in [0.2, 0.25) is 0 Å². The molecule has 1 aromatic rings. The van der Waals surface area contributed by atoms with E-state index in [0.717, 1.165) is 12.3 Å². The van der Waals surface area contributed by atoms with E-state index in [0.29, 0.717) is 5.56 Å². The van der Waals surface area contributed by atoms with E-state index in [1.54, 1.807) is 0 Å². The van der Waals surface area contributed by atoms with Gasteiger partial charge in [-0.1, -0.05) is 0 Å². The molecule has 0 aromatic carbocycles. The molecule has 0 saturated carbocycles. The monoisotopic (exact) mass is 195 g/mol. The third kappa shape index (κ3) is 2.11. The van der Waals surface area contributed by atoms with Gasteiger partial charge in [-0.3, -0.25) is 4.98 Å². The molecule has 0 unspecified atom stereocenters. The molecular weight excluding hydrogens is 191 g/mol. The molecule has 0 bridgehead atoms. The van der Waals surface area contributed by atoms with E-state index in [2.05, 4.69) is 4.98 Å². The molecule has 1 nitrogen and oxygen atoms in total. The Labute approximate surface area is 72.2 Å². The van der Waals surface area contributed by atoms with E-state index in [-0.39, 0.29) is 5.88 Å². The molecule has 0 saturated heterocycles. The molecule has 12 heavy (non-hydrogen) atoms. The standard InChI is InChI=1S/C7H5ClF3N/c8-4-5-1-2-12-6(3-5)7(9,10)11/h1-3H,4H2. The first kappa shape index (κ1) is 9.32. The normalized spacial score (nSPS) is 11.7. The SMILES string of the molecule is FC(F)(F)c1cc(CCl)ccn1. The summed E-state index contributed by atoms with van der Waals surface area (Å²) in [6.45, 7) is 0. The molecule has 66 valence electrons. The summed E-state index contributed by atoms with van der Waals surface area (Å²) >= 11 is 5.35. The van der Waals surface area contributed by atoms with Crippen molar-refractivity contribution >= 4 is 11.6 Å². The summed E-state index contributed by atoms with van der Waals surface area (Å²) in [7, 11) is 0. The first-order valence-electron chi connectivity index (χ1n) is 3.12. The van der Waals surface area contributed by atoms with Gasteiger partial charge in [0, 0.05) is 12.1 Å². The van der Waals surface area contributed by atoms with E-state index in [1.807, 2.05) is 0 Å². The average molecular weight is 196 g/mol. The van der Waals surface area contributed by atoms with Crippen LogP contribution < -0.4 is 0 Å². The highest BCUT2D eigenvalue weighted by Gasteiger charge is 2.32. The topological polar surface area (TPSA) is 12.9 Å². The van der Waals surface area contributed by atoms with Gasteiger partial charge in [-0.15, -0.1) is 11.6 Å². The van der Waals surface area contributed by atoms with Gasteiger partial charge in [0.05, 0.1) is 0 Å². The van der Waals surface area contributed by atoms with E-state index in [9.17, 15) is 13.2 Å². The predicted molar refractivity (Wildman–Crippen MR) is 38.8 cm³/mol. The number of hydrogen-bond donors (Lipinski definition) is 0. The van der Waals surface area contributed by atoms with Crippen LogP contribution in [0.5, 0.6) is 0 Å². The van der Waals surface area contributed by atoms with E-state index < -0.39 is 11.9 Å². The smallest absolute Gasteiger partial charge is 0.252 e. The number of alkyl halides is 4. The minimum Gasteiger partial charge on any atom is -0.252 e. The third-order valence-corrected chi connectivity index (χ3v) is 1.58. The Balaban J connectivity index is 3.02. The van der Waals surface area contributed by atoms with Crippen LogP contribution in [0.3, 0.4) is 0 Å². The predicted octanol–water partition coefficient (Wildman–Crippen LogP) is 2.84. The largest absolute Gasteiger partial charge is 0.433 e. The fourth-order valence-corrected chi connectivity index (χ4v) is 0.879. The summed E-state index contributed by atoms with van der Waals surface area (Å²) in [5.41, 5.74) is -0.486. The molecule has 0 fully saturated rings. The van der Waals surface area contributed by atoms with Crippen LogP contribution in [0.2, 0.25) is 0 Å². The molecule has 0 aliphatic carbocycles. The zero-order valence-corrected chi connectivity index (χ0v) is 6.65. The lowest BCUT2D eigenvalue weighted by Gasteiger charge is -2.05. The number of rotatable bonds is 1. The first-order chi connectivity index (χ1) is 5.54. The molecule has 0 radical (unpaired) electrons. The van der Waals surface area contributed by atoms with Crippen LogP contribution >= 0.6 is 11.6 Å². The lowest BCUT2D eigenvalue weighted by atomic mass is 10.2. The lowest BCUT2D eigenvalue weighted by molar-refractivity contribution is -0.141. The quantitative estimate of drug-likeness (QED) is 0.628. The fourth-order valence-electron chi connectivity index (χ4n) is 0.712. The first-order valence-corrected chi connectivity index (χ1v) is 3.65. The van der Waals surface area contributed by atoms with Gasteiger partial charge in [-0.2, -0.15) is 13.2 Å². The van der Waals surface area contributed by atoms with Gasteiger partial charge < -0.3 is 0 Å². The van der Waals surface area contributed by atoms with Crippen molar-refractivity contribution in [1.82, 2.24) is 4.98 Å². The fraction of sp³-hybridized carbons (Fsp3) is 0.286. The van der Waals surface area contributed by atoms with Crippen LogP contribution in [0.25, 0.3) is 0 Å². The molecule has 0 spiro atoms. The maximum atomic E-state index is 12.0. The number of hydrogen-bond acceptors (Lipinski definition) is 1. The Hall–Kier alpha value is -0.770. The molecule has 1 rings (SSSR count). The van der Waals surface area contributed by atoms with Gasteiger partial charge in [-0.05, 0) is 17.7 Å². The van der Waals surface area contributed by atoms with Crippen LogP contribution in [0.15, 0.2) is 18.3 Å². The highest BCUT2D eigenvalue weighted by atomic mass is 35.5. The van der Waals surface area contributed by atoms with Crippen molar-refractivity contribution in [3.8, 4) is 0 Å². The van der Waals surface area contributed by atoms with Crippen LogP contribution in [0.1, 0.15) is 11.3 Å². The Morgan fingerprint density at radius 3 is 2.58 bits per heavy atom. The summed E-state index contributed by atoms with van der Waals surface area (Å²) < 4.78 is 36.0. The summed E-state index contributed by atoms with van der Waals surface area (Å²) in [4.78, 5) is 3.17. The van der Waals surface area contributed by atoms with E-state index in [4.69, 9.17) is 11.6 Å². The molecule has 0 N–H and O–H groups in total. The van der Waals surface area contributed by atoms with Crippen molar-refractivity contribution in [2.45, 2.75) is 12.1 Å². The van der Waals surface area contributed by atoms with Crippen molar-refractivity contribution in [3.63, 3.8) is 0 Å². The number of nitrogens with zero attached hydrogens (tertiary/aromatic N) is 1. The molecule has 0 aliphatic rings. The van der Waals surface area contributed by atoms with Crippen molar-refractivity contribution in [2.24, 2.45) is 0 Å². The minimum atomic E-state index is -4.39. The van der Waals surface area contributed by atoms with Gasteiger partial charge >= 0.3 is 6.18 Å². The number of pyridine rings is 1. The molecule has 0 aliphatic heterocycles. The van der Waals surface area contributed by atoms with Crippen molar-refractivity contribution in [1.29, 1.82) is 0 Å². The van der Waals surface area contributed by atoms with Gasteiger partial charge in [0.25, 0.3) is 0 Å². The van der Waals surface area contributed by atoms with Crippen molar-refractivity contribution < 1.29 is 13.2 Å². The highest BCUT2D eigenvalue weighted by Crippen LogP contribution is 2.27. The van der Waals surface area contributed by atoms with Crippen LogP contribution in [0, 0.1) is 0 Å². The molecule has 1 aromatic heterocycles. The summed E-state index contributed by atoms with van der Waals surface area (Å²) in [6, 6.07) is 2.38. The zero-order chi connectivity index (χ0) is 9.19. The Kier molecular flexibility index (Phi) is 2.57. The Morgan fingerprint density at radius 1 is 1.42 bits per heavy atom. The molecule has 5 heteroatoms. The molecular formula is C7H5ClF3N. The van der Waals surface area contributed by atoms with Crippen LogP contribution in [-0.4, -0.2) is 4.98 Å².